The summed E-state index contributed by atoms with van der Waals surface area (Å²) >= 11 is 3.61. The van der Waals surface area contributed by atoms with Crippen LogP contribution in [-0.4, -0.2) is 13.2 Å². The van der Waals surface area contributed by atoms with Crippen LogP contribution in [0.5, 0.6) is 11.5 Å². The van der Waals surface area contributed by atoms with Gasteiger partial charge in [0, 0.05) is 11.1 Å². The summed E-state index contributed by atoms with van der Waals surface area (Å²) in [5.41, 5.74) is 8.91. The van der Waals surface area contributed by atoms with E-state index < -0.39 is 0 Å². The van der Waals surface area contributed by atoms with E-state index in [1.54, 1.807) is 0 Å². The summed E-state index contributed by atoms with van der Waals surface area (Å²) in [5, 5.41) is 0. The molecule has 1 aliphatic carbocycles. The second-order valence-corrected chi connectivity index (χ2v) is 6.31. The van der Waals surface area contributed by atoms with Crippen molar-refractivity contribution in [3.05, 3.63) is 21.7 Å². The van der Waals surface area contributed by atoms with Crippen molar-refractivity contribution in [3.63, 3.8) is 0 Å². The minimum Gasteiger partial charge on any atom is -0.486 e. The van der Waals surface area contributed by atoms with E-state index in [9.17, 15) is 0 Å². The molecule has 0 aromatic heterocycles. The van der Waals surface area contributed by atoms with Crippen molar-refractivity contribution in [1.82, 2.24) is 0 Å². The Morgan fingerprint density at radius 1 is 1.21 bits per heavy atom. The molecule has 0 unspecified atom stereocenters. The zero-order valence-corrected chi connectivity index (χ0v) is 12.9. The summed E-state index contributed by atoms with van der Waals surface area (Å²) < 4.78 is 12.6. The van der Waals surface area contributed by atoms with Crippen LogP contribution < -0.4 is 15.2 Å². The quantitative estimate of drug-likeness (QED) is 0.904. The zero-order valence-electron chi connectivity index (χ0n) is 11.3. The number of nitrogens with two attached hydrogens (primary N) is 1. The van der Waals surface area contributed by atoms with E-state index >= 15 is 0 Å². The summed E-state index contributed by atoms with van der Waals surface area (Å²) in [6.07, 6.45) is 5.48. The Balaban J connectivity index is 2.16. The molecule has 1 aromatic rings. The Bertz CT molecular complexity index is 495. The topological polar surface area (TPSA) is 44.5 Å². The fourth-order valence-corrected chi connectivity index (χ4v) is 3.82. The molecule has 1 heterocycles. The summed E-state index contributed by atoms with van der Waals surface area (Å²) in [5.74, 6) is 1.74. The van der Waals surface area contributed by atoms with E-state index in [1.165, 1.54) is 24.0 Å². The summed E-state index contributed by atoms with van der Waals surface area (Å²) in [6.45, 7) is 3.39. The molecule has 0 saturated heterocycles. The Morgan fingerprint density at radius 2 is 1.84 bits per heavy atom. The van der Waals surface area contributed by atoms with Gasteiger partial charge in [-0.15, -0.1) is 0 Å². The average molecular weight is 326 g/mol. The molecule has 1 aliphatic heterocycles. The lowest BCUT2D eigenvalue weighted by Gasteiger charge is -2.31. The number of fused-ring (bicyclic) bond motifs is 1. The molecule has 0 radical (unpaired) electrons. The molecule has 2 aliphatic rings. The predicted octanol–water partition coefficient (Wildman–Crippen LogP) is 3.51. The maximum absolute atomic E-state index is 6.64. The molecule has 1 saturated carbocycles. The second kappa shape index (κ2) is 4.98. The third-order valence-electron chi connectivity index (χ3n) is 4.26. The van der Waals surface area contributed by atoms with Crippen molar-refractivity contribution in [3.8, 4) is 11.5 Å². The lowest BCUT2D eigenvalue weighted by Crippen LogP contribution is -2.34. The molecule has 1 aromatic carbocycles. The van der Waals surface area contributed by atoms with Gasteiger partial charge >= 0.3 is 0 Å². The van der Waals surface area contributed by atoms with Gasteiger partial charge in [-0.05, 0) is 46.8 Å². The molecule has 1 fully saturated rings. The van der Waals surface area contributed by atoms with E-state index in [4.69, 9.17) is 15.2 Å². The molecular weight excluding hydrogens is 306 g/mol. The number of hydrogen-bond acceptors (Lipinski definition) is 3. The average Bonchev–Trinajstić information content (AvgIpc) is 2.87. The Labute approximate surface area is 122 Å². The SMILES string of the molecule is CCc1c(C2(N)CCCC2)cc(Br)c2c1OCCO2. The van der Waals surface area contributed by atoms with Crippen LogP contribution in [0.4, 0.5) is 0 Å². The molecule has 4 heteroatoms. The monoisotopic (exact) mass is 325 g/mol. The minimum absolute atomic E-state index is 0.191. The van der Waals surface area contributed by atoms with Crippen molar-refractivity contribution >= 4 is 15.9 Å². The van der Waals surface area contributed by atoms with E-state index in [0.717, 1.165) is 35.2 Å². The van der Waals surface area contributed by atoms with E-state index in [-0.39, 0.29) is 5.54 Å². The number of ether oxygens (including phenoxy) is 2. The van der Waals surface area contributed by atoms with Crippen LogP contribution in [0.3, 0.4) is 0 Å². The molecule has 2 N–H and O–H groups in total. The van der Waals surface area contributed by atoms with Gasteiger partial charge in [0.15, 0.2) is 11.5 Å². The third kappa shape index (κ3) is 2.15. The van der Waals surface area contributed by atoms with Gasteiger partial charge in [-0.25, -0.2) is 0 Å². The smallest absolute Gasteiger partial charge is 0.175 e. The van der Waals surface area contributed by atoms with Gasteiger partial charge in [-0.3, -0.25) is 0 Å². The third-order valence-corrected chi connectivity index (χ3v) is 4.84. The molecule has 3 rings (SSSR count). The molecule has 0 spiro atoms. The zero-order chi connectivity index (χ0) is 13.5. The highest BCUT2D eigenvalue weighted by atomic mass is 79.9. The highest BCUT2D eigenvalue weighted by Crippen LogP contribution is 2.47. The Hall–Kier alpha value is -0.740. The van der Waals surface area contributed by atoms with Crippen LogP contribution in [0.1, 0.15) is 43.7 Å². The van der Waals surface area contributed by atoms with Crippen LogP contribution in [0, 0.1) is 0 Å². The lowest BCUT2D eigenvalue weighted by atomic mass is 9.84. The second-order valence-electron chi connectivity index (χ2n) is 5.46. The van der Waals surface area contributed by atoms with Crippen molar-refractivity contribution in [2.45, 2.75) is 44.6 Å². The van der Waals surface area contributed by atoms with Crippen molar-refractivity contribution in [2.75, 3.05) is 13.2 Å². The van der Waals surface area contributed by atoms with Crippen LogP contribution in [-0.2, 0) is 12.0 Å². The van der Waals surface area contributed by atoms with E-state index in [2.05, 4.69) is 28.9 Å². The first-order chi connectivity index (χ1) is 9.15. The van der Waals surface area contributed by atoms with Crippen LogP contribution >= 0.6 is 15.9 Å². The first-order valence-electron chi connectivity index (χ1n) is 7.06. The lowest BCUT2D eigenvalue weighted by molar-refractivity contribution is 0.168. The fraction of sp³-hybridized carbons (Fsp3) is 0.600. The molecule has 104 valence electrons. The van der Waals surface area contributed by atoms with Gasteiger partial charge in [0.1, 0.15) is 13.2 Å². The van der Waals surface area contributed by atoms with Crippen molar-refractivity contribution < 1.29 is 9.47 Å². The number of benzene rings is 1. The molecule has 0 amide bonds. The van der Waals surface area contributed by atoms with Gasteiger partial charge in [0.25, 0.3) is 0 Å². The van der Waals surface area contributed by atoms with Gasteiger partial charge in [0.2, 0.25) is 0 Å². The highest BCUT2D eigenvalue weighted by Gasteiger charge is 2.36. The number of halogens is 1. The molecule has 0 atom stereocenters. The first kappa shape index (κ1) is 13.3. The van der Waals surface area contributed by atoms with Crippen LogP contribution in [0.15, 0.2) is 10.5 Å². The van der Waals surface area contributed by atoms with Crippen molar-refractivity contribution in [2.24, 2.45) is 5.73 Å². The van der Waals surface area contributed by atoms with Gasteiger partial charge in [0.05, 0.1) is 4.47 Å². The van der Waals surface area contributed by atoms with Crippen LogP contribution in [0.2, 0.25) is 0 Å². The van der Waals surface area contributed by atoms with E-state index in [0.29, 0.717) is 13.2 Å². The Kier molecular flexibility index (Phi) is 3.48. The molecule has 19 heavy (non-hydrogen) atoms. The Morgan fingerprint density at radius 3 is 2.47 bits per heavy atom. The van der Waals surface area contributed by atoms with Gasteiger partial charge < -0.3 is 15.2 Å². The van der Waals surface area contributed by atoms with Crippen LogP contribution in [0.25, 0.3) is 0 Å². The number of hydrogen-bond donors (Lipinski definition) is 1. The fourth-order valence-electron chi connectivity index (χ4n) is 3.29. The predicted molar refractivity (Wildman–Crippen MR) is 78.8 cm³/mol. The van der Waals surface area contributed by atoms with Gasteiger partial charge in [-0.2, -0.15) is 0 Å². The highest BCUT2D eigenvalue weighted by molar-refractivity contribution is 9.10. The number of rotatable bonds is 2. The maximum atomic E-state index is 6.64. The largest absolute Gasteiger partial charge is 0.486 e. The van der Waals surface area contributed by atoms with Gasteiger partial charge in [-0.1, -0.05) is 19.8 Å². The first-order valence-corrected chi connectivity index (χ1v) is 7.85. The molecule has 3 nitrogen and oxygen atoms in total. The summed E-state index contributed by atoms with van der Waals surface area (Å²) in [4.78, 5) is 0. The molecular formula is C15H20BrNO2. The normalized spacial score (nSPS) is 20.6. The van der Waals surface area contributed by atoms with Crippen molar-refractivity contribution in [1.29, 1.82) is 0 Å². The standard InChI is InChI=1S/C15H20BrNO2/c1-2-10-11(15(17)5-3-4-6-15)9-12(16)14-13(10)18-7-8-19-14/h9H,2-8,17H2,1H3. The molecule has 0 bridgehead atoms. The maximum Gasteiger partial charge on any atom is 0.175 e. The summed E-state index contributed by atoms with van der Waals surface area (Å²) in [6, 6.07) is 2.15. The minimum atomic E-state index is -0.191. The van der Waals surface area contributed by atoms with E-state index in [1.807, 2.05) is 0 Å². The summed E-state index contributed by atoms with van der Waals surface area (Å²) in [7, 11) is 0.